The van der Waals surface area contributed by atoms with Gasteiger partial charge < -0.3 is 4.90 Å². The number of nitrogens with zero attached hydrogens (tertiary/aromatic N) is 1. The van der Waals surface area contributed by atoms with Crippen molar-refractivity contribution in [1.29, 1.82) is 0 Å². The smallest absolute Gasteiger partial charge is 0.00163 e. The fourth-order valence-electron chi connectivity index (χ4n) is 0.819. The summed E-state index contributed by atoms with van der Waals surface area (Å²) < 4.78 is 0. The largest absolute Gasteiger partial charge is 0.307 e. The van der Waals surface area contributed by atoms with Crippen LogP contribution in [-0.4, -0.2) is 25.0 Å². The monoisotopic (exact) mass is 155 g/mol. The number of hydrogen-bond acceptors (Lipinski definition) is 1. The predicted molar refractivity (Wildman–Crippen MR) is 51.8 cm³/mol. The van der Waals surface area contributed by atoms with Crippen molar-refractivity contribution in [2.24, 2.45) is 5.92 Å². The van der Waals surface area contributed by atoms with Gasteiger partial charge in [-0.25, -0.2) is 0 Å². The van der Waals surface area contributed by atoms with E-state index in [-0.39, 0.29) is 0 Å². The first-order valence-corrected chi connectivity index (χ1v) is 4.41. The van der Waals surface area contributed by atoms with Gasteiger partial charge in [-0.1, -0.05) is 26.0 Å². The summed E-state index contributed by atoms with van der Waals surface area (Å²) in [6.45, 7) is 12.8. The number of allylic oxidation sites excluding steroid dienone is 1. The van der Waals surface area contributed by atoms with Crippen molar-refractivity contribution in [2.75, 3.05) is 20.1 Å². The van der Waals surface area contributed by atoms with E-state index in [0.29, 0.717) is 5.92 Å². The van der Waals surface area contributed by atoms with Gasteiger partial charge in [-0.15, -0.1) is 0 Å². The molecule has 0 saturated heterocycles. The van der Waals surface area contributed by atoms with Gasteiger partial charge in [0.25, 0.3) is 0 Å². The van der Waals surface area contributed by atoms with E-state index >= 15 is 0 Å². The zero-order valence-corrected chi connectivity index (χ0v) is 8.35. The summed E-state index contributed by atoms with van der Waals surface area (Å²) in [4.78, 5) is 2.33. The van der Waals surface area contributed by atoms with Crippen LogP contribution in [0, 0.1) is 5.92 Å². The van der Waals surface area contributed by atoms with Crippen molar-refractivity contribution in [3.63, 3.8) is 0 Å². The lowest BCUT2D eigenvalue weighted by Gasteiger charge is -2.17. The highest BCUT2D eigenvalue weighted by Gasteiger charge is 2.02. The van der Waals surface area contributed by atoms with Crippen LogP contribution >= 0.6 is 0 Å². The summed E-state index contributed by atoms with van der Waals surface area (Å²) in [5.41, 5.74) is 1.30. The van der Waals surface area contributed by atoms with Crippen LogP contribution < -0.4 is 0 Å². The van der Waals surface area contributed by atoms with Crippen LogP contribution in [0.25, 0.3) is 0 Å². The molecule has 0 rings (SSSR count). The molecule has 1 atom stereocenters. The molecule has 0 fully saturated rings. The fraction of sp³-hybridized carbons (Fsp3) is 0.800. The lowest BCUT2D eigenvalue weighted by molar-refractivity contribution is 0.330. The van der Waals surface area contributed by atoms with Gasteiger partial charge in [0.15, 0.2) is 0 Å². The van der Waals surface area contributed by atoms with Crippen molar-refractivity contribution in [1.82, 2.24) is 4.90 Å². The average Bonchev–Trinajstić information content (AvgIpc) is 1.99. The van der Waals surface area contributed by atoms with E-state index in [4.69, 9.17) is 0 Å². The molecule has 66 valence electrons. The van der Waals surface area contributed by atoms with Crippen molar-refractivity contribution < 1.29 is 0 Å². The minimum atomic E-state index is 0.670. The first-order chi connectivity index (χ1) is 5.07. The first kappa shape index (κ1) is 10.7. The summed E-state index contributed by atoms with van der Waals surface area (Å²) in [6, 6.07) is 0. The van der Waals surface area contributed by atoms with Crippen molar-refractivity contribution in [3.05, 3.63) is 12.2 Å². The molecule has 0 amide bonds. The molecule has 0 bridgehead atoms. The lowest BCUT2D eigenvalue weighted by Crippen LogP contribution is -2.20. The van der Waals surface area contributed by atoms with Crippen LogP contribution in [0.5, 0.6) is 0 Å². The molecule has 0 radical (unpaired) electrons. The molecule has 0 aromatic heterocycles. The Balaban J connectivity index is 3.45. The predicted octanol–water partition coefficient (Wildman–Crippen LogP) is 2.54. The number of hydrogen-bond donors (Lipinski definition) is 0. The Kier molecular flexibility index (Phi) is 5.22. The minimum Gasteiger partial charge on any atom is -0.307 e. The van der Waals surface area contributed by atoms with E-state index < -0.39 is 0 Å². The standard InChI is InChI=1S/C10H21N/c1-6-11(5)8-7-10(4)9(2)3/h10H,2,6-8H2,1,3-5H3. The van der Waals surface area contributed by atoms with E-state index in [9.17, 15) is 0 Å². The molecule has 0 spiro atoms. The van der Waals surface area contributed by atoms with Gasteiger partial charge in [0.1, 0.15) is 0 Å². The lowest BCUT2D eigenvalue weighted by atomic mass is 10.0. The fourth-order valence-corrected chi connectivity index (χ4v) is 0.819. The maximum absolute atomic E-state index is 3.94. The highest BCUT2D eigenvalue weighted by Crippen LogP contribution is 2.11. The zero-order valence-electron chi connectivity index (χ0n) is 8.35. The van der Waals surface area contributed by atoms with E-state index in [1.54, 1.807) is 0 Å². The molecule has 11 heavy (non-hydrogen) atoms. The average molecular weight is 155 g/mol. The second kappa shape index (κ2) is 5.36. The second-order valence-electron chi connectivity index (χ2n) is 3.43. The molecule has 0 saturated carbocycles. The highest BCUT2D eigenvalue weighted by atomic mass is 15.1. The van der Waals surface area contributed by atoms with Gasteiger partial charge in [-0.3, -0.25) is 0 Å². The maximum atomic E-state index is 3.94. The van der Waals surface area contributed by atoms with Crippen LogP contribution in [0.15, 0.2) is 12.2 Å². The molecular weight excluding hydrogens is 134 g/mol. The van der Waals surface area contributed by atoms with Crippen LogP contribution in [0.3, 0.4) is 0 Å². The van der Waals surface area contributed by atoms with Crippen molar-refractivity contribution in [3.8, 4) is 0 Å². The van der Waals surface area contributed by atoms with Crippen LogP contribution in [-0.2, 0) is 0 Å². The Morgan fingerprint density at radius 3 is 2.45 bits per heavy atom. The van der Waals surface area contributed by atoms with Crippen LogP contribution in [0.4, 0.5) is 0 Å². The molecule has 0 aliphatic heterocycles. The van der Waals surface area contributed by atoms with Gasteiger partial charge in [-0.05, 0) is 39.4 Å². The molecule has 1 unspecified atom stereocenters. The summed E-state index contributed by atoms with van der Waals surface area (Å²) in [6.07, 6.45) is 1.24. The third-order valence-electron chi connectivity index (χ3n) is 2.32. The molecule has 0 aliphatic rings. The summed E-state index contributed by atoms with van der Waals surface area (Å²) in [5, 5.41) is 0. The highest BCUT2D eigenvalue weighted by molar-refractivity contribution is 4.93. The topological polar surface area (TPSA) is 3.24 Å². The minimum absolute atomic E-state index is 0.670. The molecule has 0 aromatic carbocycles. The second-order valence-corrected chi connectivity index (χ2v) is 3.43. The van der Waals surface area contributed by atoms with Gasteiger partial charge in [0, 0.05) is 0 Å². The molecule has 0 aromatic rings. The quantitative estimate of drug-likeness (QED) is 0.551. The molecule has 0 aliphatic carbocycles. The third kappa shape index (κ3) is 5.02. The Morgan fingerprint density at radius 2 is 2.09 bits per heavy atom. The van der Waals surface area contributed by atoms with E-state index in [2.05, 4.69) is 39.3 Å². The molecule has 0 heterocycles. The molecular formula is C10H21N. The van der Waals surface area contributed by atoms with Gasteiger partial charge in [-0.2, -0.15) is 0 Å². The van der Waals surface area contributed by atoms with Crippen LogP contribution in [0.1, 0.15) is 27.2 Å². The summed E-state index contributed by atoms with van der Waals surface area (Å²) in [5.74, 6) is 0.670. The van der Waals surface area contributed by atoms with Crippen molar-refractivity contribution >= 4 is 0 Å². The van der Waals surface area contributed by atoms with Gasteiger partial charge in [0.05, 0.1) is 0 Å². The number of rotatable bonds is 5. The Labute approximate surface area is 71.1 Å². The zero-order chi connectivity index (χ0) is 8.85. The molecule has 1 nitrogen and oxygen atoms in total. The Bertz CT molecular complexity index is 118. The summed E-state index contributed by atoms with van der Waals surface area (Å²) >= 11 is 0. The van der Waals surface area contributed by atoms with E-state index in [1.165, 1.54) is 18.5 Å². The van der Waals surface area contributed by atoms with E-state index in [1.807, 2.05) is 0 Å². The van der Waals surface area contributed by atoms with E-state index in [0.717, 1.165) is 6.54 Å². The van der Waals surface area contributed by atoms with Gasteiger partial charge >= 0.3 is 0 Å². The Morgan fingerprint density at radius 1 is 1.55 bits per heavy atom. The maximum Gasteiger partial charge on any atom is -0.00163 e. The first-order valence-electron chi connectivity index (χ1n) is 4.41. The van der Waals surface area contributed by atoms with Crippen LogP contribution in [0.2, 0.25) is 0 Å². The molecule has 0 N–H and O–H groups in total. The molecule has 1 heteroatoms. The summed E-state index contributed by atoms with van der Waals surface area (Å²) in [7, 11) is 2.16. The normalized spacial score (nSPS) is 13.5. The third-order valence-corrected chi connectivity index (χ3v) is 2.32. The Hall–Kier alpha value is -0.300. The SMILES string of the molecule is C=C(C)C(C)CCN(C)CC. The van der Waals surface area contributed by atoms with Crippen molar-refractivity contribution in [2.45, 2.75) is 27.2 Å². The van der Waals surface area contributed by atoms with Gasteiger partial charge in [0.2, 0.25) is 0 Å².